The third-order valence-corrected chi connectivity index (χ3v) is 3.65. The molecule has 0 saturated carbocycles. The van der Waals surface area contributed by atoms with Gasteiger partial charge in [0.25, 0.3) is 5.91 Å². The molecule has 5 heteroatoms. The smallest absolute Gasteiger partial charge is 0.271 e. The highest BCUT2D eigenvalue weighted by atomic mass is 16.5. The van der Waals surface area contributed by atoms with Gasteiger partial charge in [-0.1, -0.05) is 26.0 Å². The van der Waals surface area contributed by atoms with Gasteiger partial charge in [-0.15, -0.1) is 0 Å². The summed E-state index contributed by atoms with van der Waals surface area (Å²) < 4.78 is 10.9. The van der Waals surface area contributed by atoms with Crippen LogP contribution in [-0.2, 0) is 6.42 Å². The number of aryl methyl sites for hydroxylation is 1. The van der Waals surface area contributed by atoms with Crippen LogP contribution in [0.3, 0.4) is 0 Å². The van der Waals surface area contributed by atoms with Gasteiger partial charge in [0.15, 0.2) is 11.5 Å². The van der Waals surface area contributed by atoms with Crippen LogP contribution in [0, 0.1) is 0 Å². The molecule has 0 fully saturated rings. The fourth-order valence-electron chi connectivity index (χ4n) is 2.22. The number of ether oxygens (including phenoxy) is 2. The first-order valence-electron chi connectivity index (χ1n) is 8.41. The van der Waals surface area contributed by atoms with Crippen molar-refractivity contribution in [3.63, 3.8) is 0 Å². The fraction of sp³-hybridized carbons (Fsp3) is 0.300. The molecule has 1 N–H and O–H groups in total. The van der Waals surface area contributed by atoms with Gasteiger partial charge >= 0.3 is 0 Å². The molecule has 0 unspecified atom stereocenters. The molecular formula is C20H24N2O3. The lowest BCUT2D eigenvalue weighted by molar-refractivity contribution is 0.0955. The highest BCUT2D eigenvalue weighted by Crippen LogP contribution is 2.27. The molecule has 0 aromatic heterocycles. The van der Waals surface area contributed by atoms with Crippen molar-refractivity contribution in [2.45, 2.75) is 26.7 Å². The van der Waals surface area contributed by atoms with E-state index in [0.29, 0.717) is 23.7 Å². The van der Waals surface area contributed by atoms with Crippen molar-refractivity contribution in [1.82, 2.24) is 5.43 Å². The second-order valence-corrected chi connectivity index (χ2v) is 5.51. The minimum atomic E-state index is -0.242. The van der Waals surface area contributed by atoms with Gasteiger partial charge < -0.3 is 9.47 Å². The summed E-state index contributed by atoms with van der Waals surface area (Å²) in [6.07, 6.45) is 3.45. The Labute approximate surface area is 148 Å². The van der Waals surface area contributed by atoms with Gasteiger partial charge in [-0.2, -0.15) is 5.10 Å². The minimum absolute atomic E-state index is 0.242. The maximum absolute atomic E-state index is 12.1. The Morgan fingerprint density at radius 1 is 1.12 bits per heavy atom. The summed E-state index contributed by atoms with van der Waals surface area (Å²) in [6.45, 7) is 4.76. The highest BCUT2D eigenvalue weighted by Gasteiger charge is 2.06. The topological polar surface area (TPSA) is 59.9 Å². The van der Waals surface area contributed by atoms with Gasteiger partial charge in [-0.3, -0.25) is 4.79 Å². The van der Waals surface area contributed by atoms with E-state index in [1.165, 1.54) is 5.56 Å². The number of benzene rings is 2. The summed E-state index contributed by atoms with van der Waals surface area (Å²) in [6, 6.07) is 13.0. The second kappa shape index (κ2) is 9.47. The molecule has 0 saturated heterocycles. The molecule has 5 nitrogen and oxygen atoms in total. The van der Waals surface area contributed by atoms with E-state index in [1.807, 2.05) is 37.3 Å². The summed E-state index contributed by atoms with van der Waals surface area (Å²) in [4.78, 5) is 12.1. The number of amides is 1. The summed E-state index contributed by atoms with van der Waals surface area (Å²) in [5.41, 5.74) is 5.11. The molecule has 2 aromatic rings. The van der Waals surface area contributed by atoms with Crippen LogP contribution in [-0.4, -0.2) is 25.8 Å². The Balaban J connectivity index is 1.99. The molecule has 2 aromatic carbocycles. The monoisotopic (exact) mass is 340 g/mol. The molecule has 0 heterocycles. The lowest BCUT2D eigenvalue weighted by Gasteiger charge is -2.10. The van der Waals surface area contributed by atoms with E-state index < -0.39 is 0 Å². The van der Waals surface area contributed by atoms with E-state index in [4.69, 9.17) is 9.47 Å². The normalized spacial score (nSPS) is 10.7. The molecular weight excluding hydrogens is 316 g/mol. The van der Waals surface area contributed by atoms with Crippen LogP contribution in [0.15, 0.2) is 47.6 Å². The Morgan fingerprint density at radius 3 is 2.52 bits per heavy atom. The van der Waals surface area contributed by atoms with Crippen LogP contribution < -0.4 is 14.9 Å². The van der Waals surface area contributed by atoms with E-state index >= 15 is 0 Å². The first-order chi connectivity index (χ1) is 12.2. The third-order valence-electron chi connectivity index (χ3n) is 3.65. The van der Waals surface area contributed by atoms with Gasteiger partial charge in [0.05, 0.1) is 19.9 Å². The zero-order valence-corrected chi connectivity index (χ0v) is 14.9. The average molecular weight is 340 g/mol. The number of hydrazone groups is 1. The number of nitrogens with zero attached hydrogens (tertiary/aromatic N) is 1. The molecule has 132 valence electrons. The van der Waals surface area contributed by atoms with Gasteiger partial charge in [0, 0.05) is 5.56 Å². The van der Waals surface area contributed by atoms with E-state index in [0.717, 1.165) is 18.4 Å². The lowest BCUT2D eigenvalue weighted by atomic mass is 10.1. The molecule has 25 heavy (non-hydrogen) atoms. The third kappa shape index (κ3) is 5.35. The van der Waals surface area contributed by atoms with Crippen LogP contribution in [0.5, 0.6) is 11.5 Å². The molecule has 0 aliphatic heterocycles. The summed E-state index contributed by atoms with van der Waals surface area (Å²) >= 11 is 0. The Morgan fingerprint density at radius 2 is 1.88 bits per heavy atom. The van der Waals surface area contributed by atoms with E-state index in [-0.39, 0.29) is 5.91 Å². The molecule has 0 atom stereocenters. The molecule has 0 bridgehead atoms. The van der Waals surface area contributed by atoms with E-state index in [1.54, 1.807) is 25.5 Å². The van der Waals surface area contributed by atoms with Crippen molar-refractivity contribution in [3.8, 4) is 11.5 Å². The Kier molecular flexibility index (Phi) is 7.01. The highest BCUT2D eigenvalue weighted by molar-refractivity contribution is 5.94. The van der Waals surface area contributed by atoms with Gasteiger partial charge in [0.1, 0.15) is 0 Å². The summed E-state index contributed by atoms with van der Waals surface area (Å²) in [5.74, 6) is 1.09. The fourth-order valence-corrected chi connectivity index (χ4v) is 2.22. The van der Waals surface area contributed by atoms with Crippen molar-refractivity contribution < 1.29 is 14.3 Å². The van der Waals surface area contributed by atoms with Crippen LogP contribution in [0.2, 0.25) is 0 Å². The zero-order chi connectivity index (χ0) is 18.1. The maximum atomic E-state index is 12.1. The number of nitrogens with one attached hydrogen (secondary N) is 1. The van der Waals surface area contributed by atoms with E-state index in [2.05, 4.69) is 17.5 Å². The van der Waals surface area contributed by atoms with Crippen LogP contribution in [0.25, 0.3) is 0 Å². The van der Waals surface area contributed by atoms with Crippen LogP contribution in [0.1, 0.15) is 41.8 Å². The predicted octanol–water partition coefficient (Wildman–Crippen LogP) is 3.81. The molecule has 1 amide bonds. The lowest BCUT2D eigenvalue weighted by Crippen LogP contribution is -2.17. The summed E-state index contributed by atoms with van der Waals surface area (Å²) in [5, 5.41) is 4.01. The van der Waals surface area contributed by atoms with Crippen LogP contribution in [0.4, 0.5) is 0 Å². The average Bonchev–Trinajstić information content (AvgIpc) is 2.66. The minimum Gasteiger partial charge on any atom is -0.493 e. The maximum Gasteiger partial charge on any atom is 0.271 e. The SMILES string of the molecule is CCCOc1ccc(/C=N\NC(=O)c2ccc(CC)cc2)cc1OC. The Hall–Kier alpha value is -2.82. The Bertz CT molecular complexity index is 724. The molecule has 2 rings (SSSR count). The molecule has 0 radical (unpaired) electrons. The first kappa shape index (κ1) is 18.5. The number of carbonyl (C=O) groups excluding carboxylic acids is 1. The van der Waals surface area contributed by atoms with Gasteiger partial charge in [0.2, 0.25) is 0 Å². The number of hydrogen-bond donors (Lipinski definition) is 1. The largest absolute Gasteiger partial charge is 0.493 e. The number of methoxy groups -OCH3 is 1. The second-order valence-electron chi connectivity index (χ2n) is 5.51. The van der Waals surface area contributed by atoms with Crippen molar-refractivity contribution >= 4 is 12.1 Å². The number of rotatable bonds is 8. The van der Waals surface area contributed by atoms with Crippen molar-refractivity contribution in [2.75, 3.05) is 13.7 Å². The van der Waals surface area contributed by atoms with Crippen molar-refractivity contribution in [1.29, 1.82) is 0 Å². The zero-order valence-electron chi connectivity index (χ0n) is 14.9. The van der Waals surface area contributed by atoms with Crippen molar-refractivity contribution in [2.24, 2.45) is 5.10 Å². The molecule has 0 aliphatic rings. The number of carbonyl (C=O) groups is 1. The first-order valence-corrected chi connectivity index (χ1v) is 8.41. The summed E-state index contributed by atoms with van der Waals surface area (Å²) in [7, 11) is 1.59. The van der Waals surface area contributed by atoms with Gasteiger partial charge in [-0.05, 0) is 54.3 Å². The van der Waals surface area contributed by atoms with E-state index in [9.17, 15) is 4.79 Å². The quantitative estimate of drug-likeness (QED) is 0.587. The van der Waals surface area contributed by atoms with Crippen LogP contribution >= 0.6 is 0 Å². The molecule has 0 aliphatic carbocycles. The van der Waals surface area contributed by atoms with Gasteiger partial charge in [-0.25, -0.2) is 5.43 Å². The molecule has 0 spiro atoms. The standard InChI is InChI=1S/C20H24N2O3/c1-4-12-25-18-11-8-16(13-19(18)24-3)14-21-22-20(23)17-9-6-15(5-2)7-10-17/h6-11,13-14H,4-5,12H2,1-3H3,(H,22,23)/b21-14-. The predicted molar refractivity (Wildman–Crippen MR) is 99.7 cm³/mol. The van der Waals surface area contributed by atoms with Crippen molar-refractivity contribution in [3.05, 3.63) is 59.2 Å². The number of hydrogen-bond acceptors (Lipinski definition) is 4.